The number of aromatic hydroxyl groups is 1. The second-order valence-corrected chi connectivity index (χ2v) is 8.02. The van der Waals surface area contributed by atoms with E-state index in [4.69, 9.17) is 4.74 Å². The number of benzene rings is 3. The normalized spacial score (nSPS) is 9.43. The van der Waals surface area contributed by atoms with Gasteiger partial charge in [-0.2, -0.15) is 0 Å². The van der Waals surface area contributed by atoms with Gasteiger partial charge in [-0.05, 0) is 37.6 Å². The minimum Gasteiger partial charge on any atom is -0.506 e. The number of aryl methyl sites for hydroxylation is 1. The van der Waals surface area contributed by atoms with Crippen LogP contribution in [0.2, 0.25) is 0 Å². The van der Waals surface area contributed by atoms with Crippen LogP contribution in [-0.4, -0.2) is 17.1 Å². The lowest BCUT2D eigenvalue weighted by Gasteiger charge is -2.17. The number of phenolic OH excluding ortho intramolecular Hbond substituents is 1. The predicted octanol–water partition coefficient (Wildman–Crippen LogP) is 7.88. The summed E-state index contributed by atoms with van der Waals surface area (Å²) in [5.41, 5.74) is 15.3. The molecular formula is C28H39N5O4. The summed E-state index contributed by atoms with van der Waals surface area (Å²) < 4.78 is 5.39. The van der Waals surface area contributed by atoms with E-state index in [9.17, 15) is 15.2 Å². The zero-order valence-electron chi connectivity index (χ0n) is 22.3. The van der Waals surface area contributed by atoms with Crippen molar-refractivity contribution in [3.8, 4) is 11.5 Å². The Balaban J connectivity index is 0.000000751. The number of hydrogen-bond acceptors (Lipinski definition) is 8. The summed E-state index contributed by atoms with van der Waals surface area (Å²) in [5.74, 6) is 0.476. The summed E-state index contributed by atoms with van der Waals surface area (Å²) >= 11 is 0. The van der Waals surface area contributed by atoms with Gasteiger partial charge in [0.1, 0.15) is 11.5 Å². The van der Waals surface area contributed by atoms with Gasteiger partial charge in [-0.3, -0.25) is 21.0 Å². The number of nitro groups is 1. The van der Waals surface area contributed by atoms with Crippen LogP contribution in [0, 0.1) is 17.0 Å². The topological polar surface area (TPSA) is 121 Å². The Morgan fingerprint density at radius 1 is 0.919 bits per heavy atom. The lowest BCUT2D eigenvalue weighted by Crippen LogP contribution is -2.11. The minimum atomic E-state index is -0.468. The zero-order valence-corrected chi connectivity index (χ0v) is 22.3. The van der Waals surface area contributed by atoms with Gasteiger partial charge in [0.15, 0.2) is 0 Å². The molecule has 5 N–H and O–H groups in total. The van der Waals surface area contributed by atoms with Crippen LogP contribution in [0.25, 0.3) is 0 Å². The molecule has 0 radical (unpaired) electrons. The van der Waals surface area contributed by atoms with E-state index in [0.29, 0.717) is 22.8 Å². The van der Waals surface area contributed by atoms with Gasteiger partial charge in [-0.1, -0.05) is 57.4 Å². The predicted molar refractivity (Wildman–Crippen MR) is 154 cm³/mol. The Bertz CT molecular complexity index is 1090. The standard InChI is InChI=1S/C20H21N5O4.C5H10.C3H8/c1-13-3-5-14(6-4-13)22-24-18-11-19(26)17(12-20(18)29-2)23-21-15-7-9-16(10-8-15)25(27)28;1-3-5-4-2;1-3-2/h3-12,21-24,26H,1-2H3;3H,1,4-5H2,2H3;3H2,1-2H3. The Hall–Kier alpha value is -4.40. The molecule has 0 atom stereocenters. The maximum Gasteiger partial charge on any atom is 0.269 e. The highest BCUT2D eigenvalue weighted by Crippen LogP contribution is 2.35. The van der Waals surface area contributed by atoms with Crippen LogP contribution in [-0.2, 0) is 0 Å². The highest BCUT2D eigenvalue weighted by molar-refractivity contribution is 5.72. The van der Waals surface area contributed by atoms with Crippen molar-refractivity contribution in [1.29, 1.82) is 0 Å². The average molecular weight is 510 g/mol. The maximum absolute atomic E-state index is 10.7. The number of anilines is 4. The van der Waals surface area contributed by atoms with E-state index in [-0.39, 0.29) is 11.4 Å². The van der Waals surface area contributed by atoms with Crippen molar-refractivity contribution in [2.24, 2.45) is 0 Å². The van der Waals surface area contributed by atoms with Gasteiger partial charge in [-0.15, -0.1) is 6.58 Å². The molecule has 0 aliphatic heterocycles. The van der Waals surface area contributed by atoms with Gasteiger partial charge < -0.3 is 20.7 Å². The number of hydrazine groups is 2. The van der Waals surface area contributed by atoms with Crippen molar-refractivity contribution in [3.05, 3.63) is 89.0 Å². The molecule has 3 aromatic rings. The van der Waals surface area contributed by atoms with E-state index in [2.05, 4.69) is 49.1 Å². The van der Waals surface area contributed by atoms with Crippen LogP contribution in [0.3, 0.4) is 0 Å². The Morgan fingerprint density at radius 2 is 1.43 bits per heavy atom. The van der Waals surface area contributed by atoms with Crippen molar-refractivity contribution in [1.82, 2.24) is 0 Å². The van der Waals surface area contributed by atoms with Gasteiger partial charge in [0.05, 0.1) is 34.8 Å². The van der Waals surface area contributed by atoms with Crippen molar-refractivity contribution in [2.75, 3.05) is 28.8 Å². The lowest BCUT2D eigenvalue weighted by atomic mass is 10.2. The summed E-state index contributed by atoms with van der Waals surface area (Å²) in [6, 6.07) is 16.8. The van der Waals surface area contributed by atoms with E-state index < -0.39 is 4.92 Å². The van der Waals surface area contributed by atoms with Gasteiger partial charge in [0.2, 0.25) is 0 Å². The molecule has 0 saturated heterocycles. The van der Waals surface area contributed by atoms with E-state index >= 15 is 0 Å². The molecule has 0 aromatic heterocycles. The van der Waals surface area contributed by atoms with Crippen molar-refractivity contribution < 1.29 is 14.8 Å². The van der Waals surface area contributed by atoms with Crippen molar-refractivity contribution in [2.45, 2.75) is 47.0 Å². The van der Waals surface area contributed by atoms with Gasteiger partial charge in [-0.25, -0.2) is 0 Å². The number of allylic oxidation sites excluding steroid dienone is 1. The number of ether oxygens (including phenoxy) is 1. The molecule has 3 rings (SSSR count). The van der Waals surface area contributed by atoms with Crippen LogP contribution in [0.5, 0.6) is 11.5 Å². The molecule has 0 spiro atoms. The number of nitrogens with one attached hydrogen (secondary N) is 4. The average Bonchev–Trinajstić information content (AvgIpc) is 2.89. The molecule has 0 aliphatic rings. The number of hydrogen-bond donors (Lipinski definition) is 5. The highest BCUT2D eigenvalue weighted by atomic mass is 16.6. The molecule has 37 heavy (non-hydrogen) atoms. The van der Waals surface area contributed by atoms with E-state index in [1.807, 2.05) is 37.3 Å². The largest absolute Gasteiger partial charge is 0.506 e. The first-order valence-electron chi connectivity index (χ1n) is 12.2. The molecule has 0 fully saturated rings. The van der Waals surface area contributed by atoms with Gasteiger partial charge in [0.25, 0.3) is 5.69 Å². The van der Waals surface area contributed by atoms with Crippen molar-refractivity contribution >= 4 is 28.4 Å². The number of phenols is 1. The molecule has 9 nitrogen and oxygen atoms in total. The highest BCUT2D eigenvalue weighted by Gasteiger charge is 2.11. The fourth-order valence-corrected chi connectivity index (χ4v) is 2.72. The van der Waals surface area contributed by atoms with Gasteiger partial charge in [0, 0.05) is 24.3 Å². The summed E-state index contributed by atoms with van der Waals surface area (Å²) in [6.45, 7) is 11.9. The van der Waals surface area contributed by atoms with E-state index in [1.165, 1.54) is 38.2 Å². The molecule has 0 aliphatic carbocycles. The fourth-order valence-electron chi connectivity index (χ4n) is 2.72. The first-order chi connectivity index (χ1) is 17.8. The van der Waals surface area contributed by atoms with Crippen LogP contribution >= 0.6 is 0 Å². The molecule has 0 bridgehead atoms. The summed E-state index contributed by atoms with van der Waals surface area (Å²) in [5, 5.41) is 21.0. The number of nitro benzene ring substituents is 1. The summed E-state index contributed by atoms with van der Waals surface area (Å²) in [4.78, 5) is 10.2. The molecule has 0 heterocycles. The maximum atomic E-state index is 10.7. The van der Waals surface area contributed by atoms with Gasteiger partial charge >= 0.3 is 0 Å². The number of non-ortho nitro benzene ring substituents is 1. The fraction of sp³-hybridized carbons (Fsp3) is 0.286. The molecule has 3 aromatic carbocycles. The monoisotopic (exact) mass is 509 g/mol. The molecular weight excluding hydrogens is 470 g/mol. The van der Waals surface area contributed by atoms with Crippen LogP contribution in [0.4, 0.5) is 28.4 Å². The quantitative estimate of drug-likeness (QED) is 0.0810. The third-order valence-corrected chi connectivity index (χ3v) is 4.62. The molecule has 9 heteroatoms. The molecule has 200 valence electrons. The molecule has 0 unspecified atom stereocenters. The number of rotatable bonds is 10. The van der Waals surface area contributed by atoms with Crippen LogP contribution in [0.15, 0.2) is 73.3 Å². The summed E-state index contributed by atoms with van der Waals surface area (Å²) in [7, 11) is 1.52. The number of nitrogens with zero attached hydrogens (tertiary/aromatic N) is 1. The third-order valence-electron chi connectivity index (χ3n) is 4.62. The second-order valence-electron chi connectivity index (χ2n) is 8.02. The summed E-state index contributed by atoms with van der Waals surface area (Å²) in [6.07, 6.45) is 5.56. The third kappa shape index (κ3) is 11.3. The lowest BCUT2D eigenvalue weighted by molar-refractivity contribution is -0.384. The van der Waals surface area contributed by atoms with Crippen LogP contribution in [0.1, 0.15) is 45.6 Å². The Kier molecular flexibility index (Phi) is 14.2. The first-order valence-corrected chi connectivity index (χ1v) is 12.2. The molecule has 0 saturated carbocycles. The van der Waals surface area contributed by atoms with E-state index in [1.54, 1.807) is 18.2 Å². The van der Waals surface area contributed by atoms with Crippen molar-refractivity contribution in [3.63, 3.8) is 0 Å². The minimum absolute atomic E-state index is 0.00318. The zero-order chi connectivity index (χ0) is 27.6. The molecule has 0 amide bonds. The number of methoxy groups -OCH3 is 1. The number of unbranched alkanes of at least 4 members (excludes halogenated alkanes) is 1. The SMILES string of the molecule is C=CCCC.CCC.COc1cc(NNc2ccc([N+](=O)[O-])cc2)c(O)cc1NNc1ccc(C)cc1. The van der Waals surface area contributed by atoms with Crippen LogP contribution < -0.4 is 26.4 Å². The Morgan fingerprint density at radius 3 is 1.86 bits per heavy atom. The smallest absolute Gasteiger partial charge is 0.269 e. The second kappa shape index (κ2) is 17.1. The van der Waals surface area contributed by atoms with E-state index in [0.717, 1.165) is 17.7 Å². The Labute approximate surface area is 219 Å². The first kappa shape index (κ1) is 30.6.